The summed E-state index contributed by atoms with van der Waals surface area (Å²) in [5, 5.41) is 16.5. The van der Waals surface area contributed by atoms with Gasteiger partial charge in [0.2, 0.25) is 5.91 Å². The Bertz CT molecular complexity index is 924. The molecule has 0 aliphatic heterocycles. The van der Waals surface area contributed by atoms with Crippen LogP contribution < -0.4 is 10.6 Å². The van der Waals surface area contributed by atoms with E-state index in [0.29, 0.717) is 6.54 Å². The van der Waals surface area contributed by atoms with E-state index in [0.717, 1.165) is 23.4 Å². The number of rotatable bonds is 7. The normalized spacial score (nSPS) is 11.0. The van der Waals surface area contributed by atoms with Gasteiger partial charge in [-0.15, -0.1) is 0 Å². The Balaban J connectivity index is 2.00. The summed E-state index contributed by atoms with van der Waals surface area (Å²) in [4.78, 5) is 22.2. The number of benzene rings is 2. The number of nitro benzene ring substituents is 1. The van der Waals surface area contributed by atoms with Gasteiger partial charge in [0.25, 0.3) is 5.69 Å². The first kappa shape index (κ1) is 19.4. The van der Waals surface area contributed by atoms with Crippen LogP contribution in [0.2, 0.25) is 0 Å². The molecule has 9 heteroatoms. The lowest BCUT2D eigenvalue weighted by molar-refractivity contribution is -0.384. The smallest absolute Gasteiger partial charge is 0.293 e. The largest absolute Gasteiger partial charge is 0.371 e. The SMILES string of the molecule is Cc1ccc(CNC(=O)CNc2ccc(S(C)(=O)=O)cc2[N+](=O)[O-])cc1. The van der Waals surface area contributed by atoms with E-state index in [1.54, 1.807) is 0 Å². The summed E-state index contributed by atoms with van der Waals surface area (Å²) in [6.07, 6.45) is 0.970. The highest BCUT2D eigenvalue weighted by Gasteiger charge is 2.19. The summed E-state index contributed by atoms with van der Waals surface area (Å²) in [5.41, 5.74) is 1.73. The fourth-order valence-corrected chi connectivity index (χ4v) is 2.83. The van der Waals surface area contributed by atoms with Crippen molar-refractivity contribution in [3.8, 4) is 0 Å². The van der Waals surface area contributed by atoms with Gasteiger partial charge >= 0.3 is 0 Å². The van der Waals surface area contributed by atoms with E-state index in [2.05, 4.69) is 10.6 Å². The number of nitrogens with zero attached hydrogens (tertiary/aromatic N) is 1. The number of nitrogens with one attached hydrogen (secondary N) is 2. The molecule has 0 aromatic heterocycles. The van der Waals surface area contributed by atoms with Gasteiger partial charge in [-0.2, -0.15) is 0 Å². The van der Waals surface area contributed by atoms with Crippen LogP contribution in [0.3, 0.4) is 0 Å². The summed E-state index contributed by atoms with van der Waals surface area (Å²) >= 11 is 0. The molecule has 0 atom stereocenters. The van der Waals surface area contributed by atoms with Crippen molar-refractivity contribution in [2.45, 2.75) is 18.4 Å². The molecule has 26 heavy (non-hydrogen) atoms. The molecule has 0 radical (unpaired) electrons. The van der Waals surface area contributed by atoms with Crippen LogP contribution in [0, 0.1) is 17.0 Å². The number of hydrogen-bond donors (Lipinski definition) is 2. The lowest BCUT2D eigenvalue weighted by Gasteiger charge is -2.09. The Morgan fingerprint density at radius 3 is 2.38 bits per heavy atom. The van der Waals surface area contributed by atoms with Gasteiger partial charge in [-0.05, 0) is 24.6 Å². The van der Waals surface area contributed by atoms with Crippen molar-refractivity contribution in [1.82, 2.24) is 5.32 Å². The molecule has 8 nitrogen and oxygen atoms in total. The van der Waals surface area contributed by atoms with Crippen molar-refractivity contribution in [2.75, 3.05) is 18.1 Å². The highest BCUT2D eigenvalue weighted by atomic mass is 32.2. The maximum Gasteiger partial charge on any atom is 0.293 e. The number of sulfone groups is 1. The summed E-state index contributed by atoms with van der Waals surface area (Å²) in [6, 6.07) is 11.2. The van der Waals surface area contributed by atoms with Crippen LogP contribution in [0.4, 0.5) is 11.4 Å². The summed E-state index contributed by atoms with van der Waals surface area (Å²) in [6.45, 7) is 2.13. The van der Waals surface area contributed by atoms with Gasteiger partial charge in [0.05, 0.1) is 16.4 Å². The van der Waals surface area contributed by atoms with E-state index < -0.39 is 20.4 Å². The van der Waals surface area contributed by atoms with E-state index in [9.17, 15) is 23.3 Å². The lowest BCUT2D eigenvalue weighted by Crippen LogP contribution is -2.29. The number of aryl methyl sites for hydroxylation is 1. The van der Waals surface area contributed by atoms with Crippen molar-refractivity contribution in [1.29, 1.82) is 0 Å². The third kappa shape index (κ3) is 5.28. The zero-order valence-electron chi connectivity index (χ0n) is 14.4. The molecule has 1 amide bonds. The fraction of sp³-hybridized carbons (Fsp3) is 0.235. The topological polar surface area (TPSA) is 118 Å². The Morgan fingerprint density at radius 1 is 1.15 bits per heavy atom. The first-order valence-corrected chi connectivity index (χ1v) is 9.60. The second-order valence-corrected chi connectivity index (χ2v) is 7.84. The van der Waals surface area contributed by atoms with Gasteiger partial charge in [-0.3, -0.25) is 14.9 Å². The molecule has 2 aromatic carbocycles. The van der Waals surface area contributed by atoms with Gasteiger partial charge in [0.15, 0.2) is 9.84 Å². The average Bonchev–Trinajstić information content (AvgIpc) is 2.58. The van der Waals surface area contributed by atoms with E-state index in [1.165, 1.54) is 12.1 Å². The van der Waals surface area contributed by atoms with E-state index >= 15 is 0 Å². The minimum absolute atomic E-state index is 0.0767. The second-order valence-electron chi connectivity index (χ2n) is 5.82. The quantitative estimate of drug-likeness (QED) is 0.563. The predicted molar refractivity (Wildman–Crippen MR) is 97.7 cm³/mol. The van der Waals surface area contributed by atoms with Crippen LogP contribution in [0.25, 0.3) is 0 Å². The van der Waals surface area contributed by atoms with Crippen LogP contribution in [0.1, 0.15) is 11.1 Å². The van der Waals surface area contributed by atoms with E-state index in [4.69, 9.17) is 0 Å². The highest BCUT2D eigenvalue weighted by Crippen LogP contribution is 2.27. The summed E-state index contributed by atoms with van der Waals surface area (Å²) in [7, 11) is -3.56. The maximum absolute atomic E-state index is 11.9. The number of carbonyl (C=O) groups excluding carboxylic acids is 1. The molecule has 0 saturated heterocycles. The lowest BCUT2D eigenvalue weighted by atomic mass is 10.1. The molecule has 0 aliphatic rings. The highest BCUT2D eigenvalue weighted by molar-refractivity contribution is 7.90. The van der Waals surface area contributed by atoms with Crippen molar-refractivity contribution in [3.05, 3.63) is 63.7 Å². The van der Waals surface area contributed by atoms with Crippen LogP contribution >= 0.6 is 0 Å². The molecule has 0 unspecified atom stereocenters. The van der Waals surface area contributed by atoms with E-state index in [1.807, 2.05) is 31.2 Å². The molecule has 138 valence electrons. The van der Waals surface area contributed by atoms with Crippen molar-refractivity contribution < 1.29 is 18.1 Å². The Hall–Kier alpha value is -2.94. The molecule has 0 bridgehead atoms. The fourth-order valence-electron chi connectivity index (χ4n) is 2.19. The van der Waals surface area contributed by atoms with Crippen LogP contribution in [-0.2, 0) is 21.2 Å². The molecule has 0 fully saturated rings. The molecule has 0 spiro atoms. The minimum atomic E-state index is -3.56. The van der Waals surface area contributed by atoms with Gasteiger partial charge in [0, 0.05) is 18.9 Å². The molecule has 2 rings (SSSR count). The van der Waals surface area contributed by atoms with Crippen LogP contribution in [0.5, 0.6) is 0 Å². The number of anilines is 1. The molecule has 0 saturated carbocycles. The Kier molecular flexibility index (Phi) is 5.93. The third-order valence-corrected chi connectivity index (χ3v) is 4.75. The van der Waals surface area contributed by atoms with Crippen LogP contribution in [0.15, 0.2) is 47.4 Å². The Labute approximate surface area is 151 Å². The van der Waals surface area contributed by atoms with Gasteiger partial charge in [-0.1, -0.05) is 29.8 Å². The summed E-state index contributed by atoms with van der Waals surface area (Å²) < 4.78 is 23.0. The molecule has 2 aromatic rings. The van der Waals surface area contributed by atoms with Gasteiger partial charge in [0.1, 0.15) is 5.69 Å². The standard InChI is InChI=1S/C17H19N3O5S/c1-12-3-5-13(6-4-12)10-19-17(21)11-18-15-8-7-14(26(2,24)25)9-16(15)20(22)23/h3-9,18H,10-11H2,1-2H3,(H,19,21). The number of amides is 1. The maximum atomic E-state index is 11.9. The number of nitro groups is 1. The van der Waals surface area contributed by atoms with Gasteiger partial charge < -0.3 is 10.6 Å². The zero-order chi connectivity index (χ0) is 19.3. The molecule has 2 N–H and O–H groups in total. The first-order chi connectivity index (χ1) is 12.2. The third-order valence-electron chi connectivity index (χ3n) is 3.64. The van der Waals surface area contributed by atoms with Crippen LogP contribution in [-0.4, -0.2) is 32.0 Å². The second kappa shape index (κ2) is 7.96. The summed E-state index contributed by atoms with van der Waals surface area (Å²) in [5.74, 6) is -0.341. The first-order valence-electron chi connectivity index (χ1n) is 7.71. The molecule has 0 aliphatic carbocycles. The Morgan fingerprint density at radius 2 is 1.81 bits per heavy atom. The predicted octanol–water partition coefficient (Wildman–Crippen LogP) is 2.04. The molecule has 0 heterocycles. The molecular formula is C17H19N3O5S. The monoisotopic (exact) mass is 377 g/mol. The number of carbonyl (C=O) groups is 1. The average molecular weight is 377 g/mol. The zero-order valence-corrected chi connectivity index (χ0v) is 15.2. The van der Waals surface area contributed by atoms with E-state index in [-0.39, 0.29) is 23.0 Å². The van der Waals surface area contributed by atoms with Gasteiger partial charge in [-0.25, -0.2) is 8.42 Å². The van der Waals surface area contributed by atoms with Crippen molar-refractivity contribution in [2.24, 2.45) is 0 Å². The number of hydrogen-bond acceptors (Lipinski definition) is 6. The van der Waals surface area contributed by atoms with Crippen molar-refractivity contribution >= 4 is 27.1 Å². The van der Waals surface area contributed by atoms with Crippen molar-refractivity contribution in [3.63, 3.8) is 0 Å². The minimum Gasteiger partial charge on any atom is -0.371 e. The molecular weight excluding hydrogens is 358 g/mol.